The SMILES string of the molecule is C/C(=C\SCCc1cc(Cl)c(N)cc1Cl)c1ccc2c(c1)CCCC2. The summed E-state index contributed by atoms with van der Waals surface area (Å²) in [6.45, 7) is 2.19. The maximum Gasteiger partial charge on any atom is 0.0639 e. The van der Waals surface area contributed by atoms with E-state index in [2.05, 4.69) is 30.5 Å². The highest BCUT2D eigenvalue weighted by molar-refractivity contribution is 8.02. The summed E-state index contributed by atoms with van der Waals surface area (Å²) >= 11 is 14.1. The zero-order valence-corrected chi connectivity index (χ0v) is 16.8. The standard InChI is InChI=1S/C21H23Cl2NS/c1-14(16-7-6-15-4-2-3-5-17(15)10-16)13-25-9-8-18-11-20(23)21(24)12-19(18)22/h6-7,10-13H,2-5,8-9,24H2,1H3/b14-13+. The Kier molecular flexibility index (Phi) is 6.38. The number of nitrogens with two attached hydrogens (primary N) is 1. The number of thioether (sulfide) groups is 1. The third kappa shape index (κ3) is 4.75. The number of aryl methyl sites for hydroxylation is 3. The molecular formula is C21H23Cl2NS. The van der Waals surface area contributed by atoms with Crippen LogP contribution in [-0.4, -0.2) is 5.75 Å². The minimum atomic E-state index is 0.534. The van der Waals surface area contributed by atoms with Crippen LogP contribution in [0, 0.1) is 0 Å². The first-order valence-corrected chi connectivity index (χ1v) is 10.5. The van der Waals surface area contributed by atoms with Crippen molar-refractivity contribution in [3.05, 3.63) is 68.0 Å². The molecule has 132 valence electrons. The molecule has 0 bridgehead atoms. The maximum absolute atomic E-state index is 6.24. The van der Waals surface area contributed by atoms with Gasteiger partial charge in [0.05, 0.1) is 10.7 Å². The second kappa shape index (κ2) is 8.53. The van der Waals surface area contributed by atoms with E-state index in [4.69, 9.17) is 28.9 Å². The van der Waals surface area contributed by atoms with E-state index in [0.717, 1.165) is 17.7 Å². The van der Waals surface area contributed by atoms with Gasteiger partial charge in [-0.1, -0.05) is 41.4 Å². The van der Waals surface area contributed by atoms with Crippen molar-refractivity contribution < 1.29 is 0 Å². The lowest BCUT2D eigenvalue weighted by atomic mass is 9.89. The van der Waals surface area contributed by atoms with Crippen LogP contribution in [-0.2, 0) is 19.3 Å². The number of anilines is 1. The Hall–Kier alpha value is -1.09. The summed E-state index contributed by atoms with van der Waals surface area (Å²) in [6.07, 6.45) is 5.98. The highest BCUT2D eigenvalue weighted by Gasteiger charge is 2.10. The van der Waals surface area contributed by atoms with Crippen LogP contribution < -0.4 is 5.73 Å². The fourth-order valence-corrected chi connectivity index (χ4v) is 4.49. The van der Waals surface area contributed by atoms with E-state index >= 15 is 0 Å². The van der Waals surface area contributed by atoms with Crippen LogP contribution in [0.25, 0.3) is 5.57 Å². The molecule has 0 aliphatic heterocycles. The fourth-order valence-electron chi connectivity index (χ4n) is 3.19. The number of rotatable bonds is 5. The summed E-state index contributed by atoms with van der Waals surface area (Å²) in [7, 11) is 0. The van der Waals surface area contributed by atoms with Crippen molar-refractivity contribution in [3.8, 4) is 0 Å². The number of benzene rings is 2. The third-order valence-electron chi connectivity index (χ3n) is 4.72. The van der Waals surface area contributed by atoms with Crippen LogP contribution in [0.4, 0.5) is 5.69 Å². The van der Waals surface area contributed by atoms with Crippen molar-refractivity contribution in [3.63, 3.8) is 0 Å². The van der Waals surface area contributed by atoms with Crippen LogP contribution in [0.1, 0.15) is 42.0 Å². The van der Waals surface area contributed by atoms with E-state index in [9.17, 15) is 0 Å². The molecule has 25 heavy (non-hydrogen) atoms. The normalized spacial score (nSPS) is 14.4. The zero-order valence-electron chi connectivity index (χ0n) is 14.4. The van der Waals surface area contributed by atoms with Crippen molar-refractivity contribution >= 4 is 46.2 Å². The summed E-state index contributed by atoms with van der Waals surface area (Å²) in [5.74, 6) is 0.961. The average molecular weight is 392 g/mol. The van der Waals surface area contributed by atoms with Crippen molar-refractivity contribution in [2.75, 3.05) is 11.5 Å². The van der Waals surface area contributed by atoms with Gasteiger partial charge in [-0.15, -0.1) is 11.8 Å². The monoisotopic (exact) mass is 391 g/mol. The Morgan fingerprint density at radius 2 is 1.84 bits per heavy atom. The molecule has 1 nitrogen and oxygen atoms in total. The molecule has 0 atom stereocenters. The average Bonchev–Trinajstić information content (AvgIpc) is 2.62. The van der Waals surface area contributed by atoms with Crippen LogP contribution >= 0.6 is 35.0 Å². The van der Waals surface area contributed by atoms with Crippen LogP contribution in [0.2, 0.25) is 10.0 Å². The molecule has 1 aliphatic rings. The van der Waals surface area contributed by atoms with Gasteiger partial charge in [0.2, 0.25) is 0 Å². The molecule has 4 heteroatoms. The van der Waals surface area contributed by atoms with Gasteiger partial charge in [-0.25, -0.2) is 0 Å². The summed E-state index contributed by atoms with van der Waals surface area (Å²) < 4.78 is 0. The highest BCUT2D eigenvalue weighted by atomic mass is 35.5. The lowest BCUT2D eigenvalue weighted by Crippen LogP contribution is -2.02. The minimum Gasteiger partial charge on any atom is -0.397 e. The van der Waals surface area contributed by atoms with E-state index in [1.54, 1.807) is 6.07 Å². The number of allylic oxidation sites excluding steroid dienone is 1. The van der Waals surface area contributed by atoms with E-state index in [-0.39, 0.29) is 0 Å². The maximum atomic E-state index is 6.24. The Labute approximate surface area is 164 Å². The van der Waals surface area contributed by atoms with Crippen LogP contribution in [0.15, 0.2) is 35.7 Å². The van der Waals surface area contributed by atoms with Gasteiger partial charge in [-0.05, 0) is 84.4 Å². The number of fused-ring (bicyclic) bond motifs is 1. The zero-order chi connectivity index (χ0) is 17.8. The molecule has 0 saturated heterocycles. The lowest BCUT2D eigenvalue weighted by Gasteiger charge is -2.16. The quantitative estimate of drug-likeness (QED) is 0.448. The first-order valence-electron chi connectivity index (χ1n) is 8.68. The Morgan fingerprint density at radius 1 is 1.08 bits per heavy atom. The van der Waals surface area contributed by atoms with Crippen molar-refractivity contribution in [1.82, 2.24) is 0 Å². The van der Waals surface area contributed by atoms with Gasteiger partial charge in [0.15, 0.2) is 0 Å². The first-order chi connectivity index (χ1) is 12.0. The summed E-state index contributed by atoms with van der Waals surface area (Å²) in [4.78, 5) is 0. The fraction of sp³-hybridized carbons (Fsp3) is 0.333. The van der Waals surface area contributed by atoms with E-state index < -0.39 is 0 Å². The predicted molar refractivity (Wildman–Crippen MR) is 114 cm³/mol. The van der Waals surface area contributed by atoms with Gasteiger partial charge in [0.25, 0.3) is 0 Å². The van der Waals surface area contributed by atoms with Gasteiger partial charge in [0.1, 0.15) is 0 Å². The number of halogens is 2. The molecular weight excluding hydrogens is 369 g/mol. The molecule has 2 aromatic carbocycles. The van der Waals surface area contributed by atoms with E-state index in [1.165, 1.54) is 47.9 Å². The molecule has 0 unspecified atom stereocenters. The molecule has 0 amide bonds. The molecule has 2 N–H and O–H groups in total. The number of nitrogen functional groups attached to an aromatic ring is 1. The van der Waals surface area contributed by atoms with Crippen molar-refractivity contribution in [2.45, 2.75) is 39.0 Å². The molecule has 0 aromatic heterocycles. The van der Waals surface area contributed by atoms with Crippen molar-refractivity contribution in [1.29, 1.82) is 0 Å². The van der Waals surface area contributed by atoms with Gasteiger partial charge < -0.3 is 5.73 Å². The predicted octanol–water partition coefficient (Wildman–Crippen LogP) is 6.79. The molecule has 2 aromatic rings. The van der Waals surface area contributed by atoms with Gasteiger partial charge in [0, 0.05) is 10.8 Å². The van der Waals surface area contributed by atoms with E-state index in [0.29, 0.717) is 15.7 Å². The molecule has 0 radical (unpaired) electrons. The van der Waals surface area contributed by atoms with Gasteiger partial charge in [-0.3, -0.25) is 0 Å². The molecule has 0 heterocycles. The lowest BCUT2D eigenvalue weighted by molar-refractivity contribution is 0.685. The van der Waals surface area contributed by atoms with Crippen LogP contribution in [0.5, 0.6) is 0 Å². The molecule has 0 fully saturated rings. The molecule has 1 aliphatic carbocycles. The largest absolute Gasteiger partial charge is 0.397 e. The van der Waals surface area contributed by atoms with Gasteiger partial charge in [-0.2, -0.15) is 0 Å². The molecule has 3 rings (SSSR count). The molecule has 0 spiro atoms. The summed E-state index contributed by atoms with van der Waals surface area (Å²) in [6, 6.07) is 10.5. The first kappa shape index (κ1) is 18.7. The molecule has 0 saturated carbocycles. The number of hydrogen-bond acceptors (Lipinski definition) is 2. The third-order valence-corrected chi connectivity index (χ3v) is 6.36. The minimum absolute atomic E-state index is 0.534. The topological polar surface area (TPSA) is 26.0 Å². The van der Waals surface area contributed by atoms with Crippen LogP contribution in [0.3, 0.4) is 0 Å². The van der Waals surface area contributed by atoms with E-state index in [1.807, 2.05) is 17.8 Å². The highest BCUT2D eigenvalue weighted by Crippen LogP contribution is 2.29. The summed E-state index contributed by atoms with van der Waals surface area (Å²) in [5, 5.41) is 3.51. The smallest absolute Gasteiger partial charge is 0.0639 e. The second-order valence-corrected chi connectivity index (χ2v) is 8.37. The summed E-state index contributed by atoms with van der Waals surface area (Å²) in [5.41, 5.74) is 13.1. The Balaban J connectivity index is 1.60. The van der Waals surface area contributed by atoms with Crippen molar-refractivity contribution in [2.24, 2.45) is 0 Å². The van der Waals surface area contributed by atoms with Gasteiger partial charge >= 0.3 is 0 Å². The second-order valence-electron chi connectivity index (χ2n) is 6.58. The Morgan fingerprint density at radius 3 is 2.64 bits per heavy atom. The number of hydrogen-bond donors (Lipinski definition) is 1. The Bertz CT molecular complexity index is 799.